The van der Waals surface area contributed by atoms with Gasteiger partial charge in [0.15, 0.2) is 46.0 Å². The van der Waals surface area contributed by atoms with E-state index >= 15 is 0 Å². The van der Waals surface area contributed by atoms with Crippen molar-refractivity contribution in [2.45, 2.75) is 128 Å². The van der Waals surface area contributed by atoms with Gasteiger partial charge in [0.05, 0.1) is 123 Å². The third-order valence-electron chi connectivity index (χ3n) is 25.4. The van der Waals surface area contributed by atoms with E-state index in [9.17, 15) is 36.7 Å². The van der Waals surface area contributed by atoms with E-state index in [0.29, 0.717) is 93.8 Å². The topological polar surface area (TPSA) is 294 Å². The van der Waals surface area contributed by atoms with Gasteiger partial charge >= 0.3 is 0 Å². The molecule has 4 amide bonds. The highest BCUT2D eigenvalue weighted by Gasteiger charge is 2.37. The average molecular weight is 2030 g/mol. The van der Waals surface area contributed by atoms with Gasteiger partial charge in [-0.05, 0) is 231 Å². The number of halogens is 4. The predicted octanol–water partition coefficient (Wildman–Crippen LogP) is 22.8. The third kappa shape index (κ3) is 23.3. The molecule has 0 bridgehead atoms. The molecule has 30 nitrogen and oxygen atoms in total. The normalized spacial score (nSPS) is 14.7. The van der Waals surface area contributed by atoms with Crippen molar-refractivity contribution in [3.05, 3.63) is 290 Å². The van der Waals surface area contributed by atoms with Crippen molar-refractivity contribution in [2.24, 2.45) is 0 Å². The summed E-state index contributed by atoms with van der Waals surface area (Å²) in [5.74, 6) is 15.7. The number of carbonyl (C=O) groups excluding carboxylic acids is 4. The highest BCUT2D eigenvalue weighted by Crippen LogP contribution is 2.44. The fourth-order valence-electron chi connectivity index (χ4n) is 18.3. The molecule has 0 N–H and O–H groups in total. The minimum atomic E-state index is -0.563. The summed E-state index contributed by atoms with van der Waals surface area (Å²) in [7, 11) is 5.65. The lowest BCUT2D eigenvalue weighted by molar-refractivity contribution is -0.128. The minimum Gasteiger partial charge on any atom is -0.494 e. The number of benzene rings is 8. The number of likely N-dealkylation sites (tertiary alicyclic amines) is 4. The number of hydrogen-bond acceptors (Lipinski definition) is 22. The lowest BCUT2D eigenvalue weighted by Crippen LogP contribution is -2.27. The molecule has 4 atom stereocenters. The summed E-state index contributed by atoms with van der Waals surface area (Å²) in [4.78, 5) is 93.6. The maximum absolute atomic E-state index is 14.5. The number of amides is 4. The Kier molecular flexibility index (Phi) is 35.9. The van der Waals surface area contributed by atoms with Crippen molar-refractivity contribution in [1.82, 2.24) is 77.1 Å². The number of aromatic nitrogens is 12. The molecule has 0 saturated carbocycles. The van der Waals surface area contributed by atoms with Gasteiger partial charge in [0.2, 0.25) is 46.8 Å². The first-order valence-corrected chi connectivity index (χ1v) is 47.2. The standard InChI is InChI=1S/C29H27FN4O4.C28H27FN4O4.C28H25FN4O3.C26H25FN4O3.4CH4/c1-4-7-25(35)33-15-14-20(18-33)29-32-28(22-16-31-17-26(34(22)29)37-5-2)19-10-12-21(13-11-19)38-24-9-6-8-23(36-3)27(24)30;1-4-24(34)32-14-13-19(17-32)28-31-27(21-15-30-16-25(33(21)28)36-5-2)18-9-11-20(12-10-18)37-23-8-6-7-22(35-3)26(23)29;1-4-6-24(34)32-15-13-20(17-32)28-31-26(27-18(2)30-14-16-33(27)28)19-9-11-21(12-10-19)36-23-8-5-7-22(35-3)25(23)29;1-16-25-24(29-26(31(25)14-12-28-16)19-11-13-30(15-19)17(2)32)18-7-9-20(10-8-18)34-22-6-4-5-21(33-3)23(22)27;;;;/h6,8-13,16-17,20H,5,14-15,18H2,1-3H3;4,6-12,15-16,19H,1,5,13-14,17H2,2-3H3;5,7-12,14,16,20H,13,15,17H2,1-3H3;4-10,12,14,19H,11,13,15H2,1-3H3;4*1H4/t20-;19-;20-;19-;;;;/m1111..../s1. The molecule has 0 aliphatic carbocycles. The predicted molar refractivity (Wildman–Crippen MR) is 563 cm³/mol. The Morgan fingerprint density at radius 3 is 0.987 bits per heavy atom. The maximum atomic E-state index is 14.5. The van der Waals surface area contributed by atoms with Crippen LogP contribution in [0.3, 0.4) is 0 Å². The van der Waals surface area contributed by atoms with Gasteiger partial charge in [-0.3, -0.25) is 56.7 Å². The summed E-state index contributed by atoms with van der Waals surface area (Å²) in [6, 6.07) is 48.3. The summed E-state index contributed by atoms with van der Waals surface area (Å²) >= 11 is 0. The van der Waals surface area contributed by atoms with E-state index < -0.39 is 23.3 Å². The molecule has 4 aliphatic rings. The number of aryl methyl sites for hydroxylation is 2. The molecule has 149 heavy (non-hydrogen) atoms. The number of imidazole rings is 4. The third-order valence-corrected chi connectivity index (χ3v) is 25.4. The van der Waals surface area contributed by atoms with Gasteiger partial charge in [-0.2, -0.15) is 17.6 Å². The van der Waals surface area contributed by atoms with Crippen LogP contribution in [0.2, 0.25) is 0 Å². The second-order valence-corrected chi connectivity index (χ2v) is 34.3. The second-order valence-electron chi connectivity index (χ2n) is 34.3. The number of hydrogen-bond donors (Lipinski definition) is 0. The van der Waals surface area contributed by atoms with E-state index in [1.807, 2.05) is 102 Å². The number of ether oxygens (including phenoxy) is 10. The molecule has 772 valence electrons. The van der Waals surface area contributed by atoms with Crippen LogP contribution in [0.4, 0.5) is 17.6 Å². The van der Waals surface area contributed by atoms with Crippen LogP contribution in [0.1, 0.15) is 148 Å². The van der Waals surface area contributed by atoms with Crippen LogP contribution >= 0.6 is 0 Å². The molecule has 4 fully saturated rings. The largest absolute Gasteiger partial charge is 0.494 e. The molecule has 34 heteroatoms. The van der Waals surface area contributed by atoms with Crippen molar-refractivity contribution >= 4 is 45.7 Å². The SMILES string of the molecule is C.C.C.C.C=CC(=O)N1CC[C@@H](c2nc(-c3ccc(Oc4cccc(OC)c4F)cc3)c3cncc(OCC)n23)C1.CC#CC(=O)N1CC[C@@H](c2nc(-c3ccc(Oc4cccc(OC)c4F)cc3)c3c(C)nccn23)C1.CC#CC(=O)N1CC[C@@H](c2nc(-c3ccc(Oc4cccc(OC)c4F)cc3)c3cncc(OCC)n23)C1.COc1cccc(Oc2ccc(-c3nc([C@@H]4CCN(C(C)=O)C4)n4ccnc(C)c34)cc2)c1F. The number of rotatable bonds is 25. The summed E-state index contributed by atoms with van der Waals surface area (Å²) < 4.78 is 121. The molecule has 0 radical (unpaired) electrons. The number of methoxy groups -OCH3 is 4. The first kappa shape index (κ1) is 109. The van der Waals surface area contributed by atoms with Crippen molar-refractivity contribution in [3.8, 4) is 149 Å². The second kappa shape index (κ2) is 49.1. The van der Waals surface area contributed by atoms with Gasteiger partial charge in [-0.25, -0.2) is 19.9 Å². The lowest BCUT2D eigenvalue weighted by Gasteiger charge is -2.14. The Labute approximate surface area is 863 Å². The van der Waals surface area contributed by atoms with Crippen LogP contribution in [0.25, 0.3) is 67.1 Å². The molecule has 0 spiro atoms. The number of fused-ring (bicyclic) bond motifs is 4. The molecular weight excluding hydrogens is 1910 g/mol. The maximum Gasteiger partial charge on any atom is 0.298 e. The minimum absolute atomic E-state index is 0. The van der Waals surface area contributed by atoms with Gasteiger partial charge < -0.3 is 67.0 Å². The van der Waals surface area contributed by atoms with Crippen LogP contribution in [-0.4, -0.2) is 195 Å². The Balaban J connectivity index is 0.000000164. The van der Waals surface area contributed by atoms with Crippen LogP contribution < -0.4 is 47.4 Å². The van der Waals surface area contributed by atoms with E-state index in [0.717, 1.165) is 134 Å². The Morgan fingerprint density at radius 2 is 0.685 bits per heavy atom. The molecule has 20 rings (SSSR count). The fraction of sp³-hybridized carbons (Fsp3) is 0.287. The summed E-state index contributed by atoms with van der Waals surface area (Å²) in [5.41, 5.74) is 11.7. The fourth-order valence-corrected chi connectivity index (χ4v) is 18.3. The lowest BCUT2D eigenvalue weighted by atomic mass is 10.1. The smallest absolute Gasteiger partial charge is 0.298 e. The van der Waals surface area contributed by atoms with E-state index in [2.05, 4.69) is 59.0 Å². The summed E-state index contributed by atoms with van der Waals surface area (Å²) in [5, 5.41) is 0. The van der Waals surface area contributed by atoms with E-state index in [1.165, 1.54) is 46.6 Å². The molecule has 0 unspecified atom stereocenters. The van der Waals surface area contributed by atoms with E-state index in [4.69, 9.17) is 67.3 Å². The first-order chi connectivity index (χ1) is 70.5. The van der Waals surface area contributed by atoms with Gasteiger partial charge in [-0.1, -0.05) is 72.4 Å². The molecule has 16 aromatic rings. The first-order valence-electron chi connectivity index (χ1n) is 47.2. The quantitative estimate of drug-likeness (QED) is 0.0292. The van der Waals surface area contributed by atoms with Crippen molar-refractivity contribution in [1.29, 1.82) is 0 Å². The van der Waals surface area contributed by atoms with Crippen LogP contribution in [0, 0.1) is 60.8 Å². The van der Waals surface area contributed by atoms with Gasteiger partial charge in [0.1, 0.15) is 46.3 Å². The number of nitrogens with zero attached hydrogens (tertiary/aromatic N) is 16. The Hall–Kier alpha value is -17.3. The molecule has 4 saturated heterocycles. The molecular formula is C115H120F4N16O14. The zero-order valence-corrected chi connectivity index (χ0v) is 81.7. The van der Waals surface area contributed by atoms with Gasteiger partial charge in [0.25, 0.3) is 11.8 Å². The Bertz CT molecular complexity index is 7650. The zero-order chi connectivity index (χ0) is 102. The highest BCUT2D eigenvalue weighted by atomic mass is 19.1. The van der Waals surface area contributed by atoms with Gasteiger partial charge in [-0.15, -0.1) is 0 Å². The average Bonchev–Trinajstić information content (AvgIpc) is 1.62. The van der Waals surface area contributed by atoms with E-state index in [1.54, 1.807) is 182 Å². The molecule has 4 aliphatic heterocycles. The highest BCUT2D eigenvalue weighted by molar-refractivity contribution is 5.94. The van der Waals surface area contributed by atoms with E-state index in [-0.39, 0.29) is 123 Å². The molecule has 8 aromatic heterocycles. The molecule has 12 heterocycles. The summed E-state index contributed by atoms with van der Waals surface area (Å²) in [6.45, 7) is 22.2. The Morgan fingerprint density at radius 1 is 0.396 bits per heavy atom. The number of carbonyl (C=O) groups is 4. The van der Waals surface area contributed by atoms with Crippen LogP contribution in [0.15, 0.2) is 232 Å². The molecule has 8 aromatic carbocycles. The summed E-state index contributed by atoms with van der Waals surface area (Å²) in [6.07, 6.45) is 18.8. The van der Waals surface area contributed by atoms with Gasteiger partial charge in [0, 0.05) is 130 Å². The monoisotopic (exact) mass is 2020 g/mol. The van der Waals surface area contributed by atoms with Crippen LogP contribution in [-0.2, 0) is 19.2 Å². The van der Waals surface area contributed by atoms with Crippen molar-refractivity contribution in [3.63, 3.8) is 0 Å². The van der Waals surface area contributed by atoms with Crippen LogP contribution in [0.5, 0.6) is 80.8 Å². The zero-order valence-electron chi connectivity index (χ0n) is 81.7. The van der Waals surface area contributed by atoms with Crippen molar-refractivity contribution in [2.75, 3.05) is 94.0 Å². The van der Waals surface area contributed by atoms with Crippen molar-refractivity contribution < 1.29 is 84.1 Å².